The predicted molar refractivity (Wildman–Crippen MR) is 83.3 cm³/mol. The van der Waals surface area contributed by atoms with Gasteiger partial charge in [0.25, 0.3) is 9.84 Å². The number of nitrogens with one attached hydrogen (secondary N) is 1. The quantitative estimate of drug-likeness (QED) is 0.734. The summed E-state index contributed by atoms with van der Waals surface area (Å²) in [6.07, 6.45) is -3.57. The Hall–Kier alpha value is -1.56. The van der Waals surface area contributed by atoms with Crippen molar-refractivity contribution in [3.8, 4) is 0 Å². The van der Waals surface area contributed by atoms with Crippen molar-refractivity contribution in [2.24, 2.45) is 5.92 Å². The molecule has 1 heterocycles. The molecule has 1 saturated heterocycles. The van der Waals surface area contributed by atoms with Gasteiger partial charge >= 0.3 is 11.7 Å². The summed E-state index contributed by atoms with van der Waals surface area (Å²) in [6, 6.07) is 2.01. The Morgan fingerprint density at radius 2 is 1.67 bits per heavy atom. The van der Waals surface area contributed by atoms with Crippen LogP contribution in [-0.2, 0) is 9.84 Å². The zero-order valence-electron chi connectivity index (χ0n) is 13.9. The van der Waals surface area contributed by atoms with Gasteiger partial charge in [0.2, 0.25) is 0 Å². The molecule has 1 fully saturated rings. The lowest BCUT2D eigenvalue weighted by atomic mass is 9.96. The topological polar surface area (TPSA) is 49.4 Å². The summed E-state index contributed by atoms with van der Waals surface area (Å²) in [5.41, 5.74) is -5.98. The Labute approximate surface area is 151 Å². The maximum absolute atomic E-state index is 13.3. The van der Waals surface area contributed by atoms with Gasteiger partial charge in [-0.15, -0.1) is 0 Å². The second kappa shape index (κ2) is 7.82. The first-order valence-corrected chi connectivity index (χ1v) is 9.42. The fourth-order valence-corrected chi connectivity index (χ4v) is 3.79. The van der Waals surface area contributed by atoms with Gasteiger partial charge in [-0.2, -0.15) is 26.3 Å². The zero-order valence-corrected chi connectivity index (χ0v) is 14.7. The van der Waals surface area contributed by atoms with Crippen molar-refractivity contribution in [1.82, 2.24) is 4.90 Å². The molecule has 0 unspecified atom stereocenters. The third kappa shape index (κ3) is 5.71. The van der Waals surface area contributed by atoms with Gasteiger partial charge in [-0.25, -0.2) is 12.8 Å². The van der Waals surface area contributed by atoms with Gasteiger partial charge in [0.1, 0.15) is 10.7 Å². The summed E-state index contributed by atoms with van der Waals surface area (Å²) in [5, 5.41) is 2.56. The highest BCUT2D eigenvalue weighted by Gasteiger charge is 2.48. The minimum atomic E-state index is -5.75. The van der Waals surface area contributed by atoms with Crippen LogP contribution in [0.4, 0.5) is 36.4 Å². The van der Waals surface area contributed by atoms with Crippen LogP contribution in [0.2, 0.25) is 0 Å². The highest BCUT2D eigenvalue weighted by atomic mass is 32.2. The molecule has 0 aliphatic carbocycles. The largest absolute Gasteiger partial charge is 0.501 e. The molecule has 0 aromatic heterocycles. The van der Waals surface area contributed by atoms with Crippen molar-refractivity contribution >= 4 is 15.5 Å². The van der Waals surface area contributed by atoms with Gasteiger partial charge in [-0.3, -0.25) is 4.90 Å². The van der Waals surface area contributed by atoms with E-state index in [-0.39, 0.29) is 31.6 Å². The van der Waals surface area contributed by atoms with Gasteiger partial charge in [0.05, 0.1) is 12.2 Å². The van der Waals surface area contributed by atoms with Crippen molar-refractivity contribution in [3.63, 3.8) is 0 Å². The predicted octanol–water partition coefficient (Wildman–Crippen LogP) is 3.81. The molecule has 1 aromatic carbocycles. The lowest BCUT2D eigenvalue weighted by Gasteiger charge is -2.32. The van der Waals surface area contributed by atoms with E-state index in [4.69, 9.17) is 0 Å². The first-order chi connectivity index (χ1) is 12.3. The summed E-state index contributed by atoms with van der Waals surface area (Å²) < 4.78 is 112. The minimum absolute atomic E-state index is 0.0614. The van der Waals surface area contributed by atoms with E-state index >= 15 is 0 Å². The van der Waals surface area contributed by atoms with Crippen molar-refractivity contribution < 1.29 is 39.2 Å². The second-order valence-corrected chi connectivity index (χ2v) is 8.21. The van der Waals surface area contributed by atoms with E-state index in [1.54, 1.807) is 0 Å². The molecule has 27 heavy (non-hydrogen) atoms. The monoisotopic (exact) mass is 422 g/mol. The lowest BCUT2D eigenvalue weighted by Crippen LogP contribution is -2.41. The average molecular weight is 422 g/mol. The van der Waals surface area contributed by atoms with Crippen molar-refractivity contribution in [2.75, 3.05) is 31.5 Å². The number of benzene rings is 1. The molecule has 0 radical (unpaired) electrons. The number of hydrogen-bond acceptors (Lipinski definition) is 4. The number of anilines is 1. The van der Waals surface area contributed by atoms with Crippen LogP contribution in [-0.4, -0.2) is 51.2 Å². The molecular weight excluding hydrogens is 405 g/mol. The fraction of sp³-hybridized carbons (Fsp3) is 0.600. The van der Waals surface area contributed by atoms with Gasteiger partial charge < -0.3 is 5.32 Å². The van der Waals surface area contributed by atoms with Gasteiger partial charge in [-0.1, -0.05) is 0 Å². The van der Waals surface area contributed by atoms with Crippen molar-refractivity contribution in [3.05, 3.63) is 24.0 Å². The van der Waals surface area contributed by atoms with Crippen molar-refractivity contribution in [2.45, 2.75) is 29.4 Å². The van der Waals surface area contributed by atoms with E-state index < -0.39 is 44.5 Å². The summed E-state index contributed by atoms with van der Waals surface area (Å²) in [6.45, 7) is -0.628. The first kappa shape index (κ1) is 21.7. The fourth-order valence-electron chi connectivity index (χ4n) is 2.85. The molecule has 0 spiro atoms. The van der Waals surface area contributed by atoms with E-state index in [9.17, 15) is 39.2 Å². The summed E-state index contributed by atoms with van der Waals surface area (Å²) in [7, 11) is -5.75. The highest BCUT2D eigenvalue weighted by molar-refractivity contribution is 7.92. The van der Waals surface area contributed by atoms with E-state index in [0.717, 1.165) is 12.1 Å². The van der Waals surface area contributed by atoms with Gasteiger partial charge in [-0.05, 0) is 50.0 Å². The number of piperidine rings is 1. The molecule has 0 atom stereocenters. The van der Waals surface area contributed by atoms with Gasteiger partial charge in [0.15, 0.2) is 0 Å². The van der Waals surface area contributed by atoms with Crippen LogP contribution in [0.15, 0.2) is 23.1 Å². The number of hydrogen-bond donors (Lipinski definition) is 1. The molecule has 0 bridgehead atoms. The maximum Gasteiger partial charge on any atom is 0.501 e. The highest BCUT2D eigenvalue weighted by Crippen LogP contribution is 2.35. The second-order valence-electron chi connectivity index (χ2n) is 6.31. The van der Waals surface area contributed by atoms with Crippen LogP contribution < -0.4 is 5.32 Å². The standard InChI is InChI=1S/C15H17F7N2O2S/c16-11-1-2-12(13(7-11)27(25,26)15(20,21)22)23-8-10-3-5-24(6-4-10)9-14(17,18)19/h1-2,7,10,23H,3-6,8-9H2. The van der Waals surface area contributed by atoms with Crippen LogP contribution >= 0.6 is 0 Å². The molecule has 4 nitrogen and oxygen atoms in total. The number of halogens is 7. The Kier molecular flexibility index (Phi) is 6.30. The molecule has 1 aromatic rings. The van der Waals surface area contributed by atoms with Crippen LogP contribution in [0.25, 0.3) is 0 Å². The third-order valence-electron chi connectivity index (χ3n) is 4.23. The van der Waals surface area contributed by atoms with E-state index in [1.165, 1.54) is 4.90 Å². The average Bonchev–Trinajstić information content (AvgIpc) is 2.52. The molecule has 1 N–H and O–H groups in total. The molecule has 0 saturated carbocycles. The summed E-state index contributed by atoms with van der Waals surface area (Å²) in [4.78, 5) is 0.0120. The summed E-state index contributed by atoms with van der Waals surface area (Å²) >= 11 is 0. The van der Waals surface area contributed by atoms with E-state index in [1.807, 2.05) is 0 Å². The van der Waals surface area contributed by atoms with Gasteiger partial charge in [0, 0.05) is 6.54 Å². The van der Waals surface area contributed by atoms with E-state index in [0.29, 0.717) is 12.8 Å². The van der Waals surface area contributed by atoms with E-state index in [2.05, 4.69) is 5.32 Å². The molecule has 1 aliphatic rings. The Bertz CT molecular complexity index is 754. The lowest BCUT2D eigenvalue weighted by molar-refractivity contribution is -0.148. The van der Waals surface area contributed by atoms with Crippen LogP contribution in [0.1, 0.15) is 12.8 Å². The maximum atomic E-state index is 13.3. The molecule has 154 valence electrons. The smallest absolute Gasteiger partial charge is 0.384 e. The summed E-state index contributed by atoms with van der Waals surface area (Å²) in [5.74, 6) is -1.29. The third-order valence-corrected chi connectivity index (χ3v) is 5.76. The SMILES string of the molecule is O=S(=O)(c1cc(F)ccc1NCC1CCN(CC(F)(F)F)CC1)C(F)(F)F. The van der Waals surface area contributed by atoms with Crippen LogP contribution in [0.5, 0.6) is 0 Å². The van der Waals surface area contributed by atoms with Crippen LogP contribution in [0.3, 0.4) is 0 Å². The Morgan fingerprint density at radius 3 is 2.19 bits per heavy atom. The minimum Gasteiger partial charge on any atom is -0.384 e. The molecule has 1 aliphatic heterocycles. The molecule has 2 rings (SSSR count). The van der Waals surface area contributed by atoms with Crippen molar-refractivity contribution in [1.29, 1.82) is 0 Å². The number of sulfone groups is 1. The zero-order chi connectivity index (χ0) is 20.5. The Balaban J connectivity index is 2.04. The molecule has 0 amide bonds. The number of alkyl halides is 6. The molecular formula is C15H17F7N2O2S. The Morgan fingerprint density at radius 1 is 1.07 bits per heavy atom. The number of likely N-dealkylation sites (tertiary alicyclic amines) is 1. The number of nitrogens with zero attached hydrogens (tertiary/aromatic N) is 1. The number of rotatable bonds is 5. The first-order valence-electron chi connectivity index (χ1n) is 7.93. The molecule has 12 heteroatoms. The van der Waals surface area contributed by atoms with Crippen LogP contribution in [0, 0.1) is 11.7 Å². The normalized spacial score (nSPS) is 17.9.